The molecule has 0 amide bonds. The molecule has 0 spiro atoms. The molecule has 0 N–H and O–H groups in total. The molecule has 0 radical (unpaired) electrons. The van der Waals surface area contributed by atoms with Gasteiger partial charge in [-0.15, -0.1) is 49.2 Å². The van der Waals surface area contributed by atoms with Gasteiger partial charge in [-0.25, -0.2) is 41.9 Å². The van der Waals surface area contributed by atoms with Crippen LogP contribution in [0.25, 0.3) is 11.4 Å². The van der Waals surface area contributed by atoms with Crippen molar-refractivity contribution in [2.45, 2.75) is 40.5 Å². The Kier molecular flexibility index (Phi) is 13.6. The van der Waals surface area contributed by atoms with Crippen LogP contribution in [0.5, 0.6) is 0 Å². The molecule has 2 aromatic heterocycles. The van der Waals surface area contributed by atoms with Crippen LogP contribution in [0, 0.1) is 75.2 Å². The molecule has 41 heavy (non-hydrogen) atoms. The average Bonchev–Trinajstić information content (AvgIpc) is 3.73. The summed E-state index contributed by atoms with van der Waals surface area (Å²) >= 11 is 0. The molecular weight excluding hydrogens is 560 g/mol. The Morgan fingerprint density at radius 2 is 0.902 bits per heavy atom. The second kappa shape index (κ2) is 16.6. The van der Waals surface area contributed by atoms with Gasteiger partial charge in [-0.3, -0.25) is 12.2 Å². The first-order valence-electron chi connectivity index (χ1n) is 12.6. The summed E-state index contributed by atoms with van der Waals surface area (Å²) in [6, 6.07) is 9.22. The van der Waals surface area contributed by atoms with Crippen LogP contribution in [0.1, 0.15) is 35.1 Å². The Balaban J connectivity index is 0.000000211. The van der Waals surface area contributed by atoms with E-state index in [1.807, 2.05) is 64.1 Å². The Morgan fingerprint density at radius 1 is 0.561 bits per heavy atom. The first kappa shape index (κ1) is 33.6. The maximum atomic E-state index is 13.4. The van der Waals surface area contributed by atoms with E-state index < -0.39 is 23.3 Å². The van der Waals surface area contributed by atoms with Gasteiger partial charge in [0.25, 0.3) is 0 Å². The van der Waals surface area contributed by atoms with Gasteiger partial charge in [0.1, 0.15) is 0 Å². The normalized spacial score (nSPS) is 12.1. The summed E-state index contributed by atoms with van der Waals surface area (Å²) in [6.45, 7) is 7.77. The predicted octanol–water partition coefficient (Wildman–Crippen LogP) is 8.95. The Hall–Kier alpha value is -3.61. The molecule has 0 bridgehead atoms. The zero-order valence-electron chi connectivity index (χ0n) is 23.4. The van der Waals surface area contributed by atoms with Gasteiger partial charge in [-0.1, -0.05) is 0 Å². The third-order valence-corrected chi connectivity index (χ3v) is 5.99. The Bertz CT molecular complexity index is 1370. The third kappa shape index (κ3) is 10.4. The molecule has 2 heterocycles. The third-order valence-electron chi connectivity index (χ3n) is 5.99. The van der Waals surface area contributed by atoms with Gasteiger partial charge in [0.15, 0.2) is 0 Å². The molecule has 4 aromatic rings. The maximum Gasteiger partial charge on any atom is 4.00 e. The van der Waals surface area contributed by atoms with Crippen LogP contribution >= 0.6 is 0 Å². The van der Waals surface area contributed by atoms with Crippen molar-refractivity contribution in [1.82, 2.24) is 9.13 Å². The monoisotopic (exact) mass is 590 g/mol. The molecule has 0 fully saturated rings. The summed E-state index contributed by atoms with van der Waals surface area (Å²) < 4.78 is 55.3. The van der Waals surface area contributed by atoms with Crippen LogP contribution in [-0.2, 0) is 21.7 Å². The van der Waals surface area contributed by atoms with E-state index in [4.69, 9.17) is 0 Å². The Labute approximate surface area is 254 Å². The number of allylic oxidation sites excluding steroid dienone is 8. The fourth-order valence-electron chi connectivity index (χ4n) is 3.55. The van der Waals surface area contributed by atoms with Gasteiger partial charge < -0.3 is 9.13 Å². The van der Waals surface area contributed by atoms with Gasteiger partial charge in [0.2, 0.25) is 0 Å². The molecule has 2 nitrogen and oxygen atoms in total. The van der Waals surface area contributed by atoms with Crippen LogP contribution in [0.2, 0.25) is 0 Å². The van der Waals surface area contributed by atoms with Crippen molar-refractivity contribution in [2.75, 3.05) is 0 Å². The predicted molar refractivity (Wildman–Crippen MR) is 151 cm³/mol. The molecule has 0 saturated heterocycles. The van der Waals surface area contributed by atoms with E-state index in [-0.39, 0.29) is 21.7 Å². The minimum absolute atomic E-state index is 0. The van der Waals surface area contributed by atoms with Crippen LogP contribution in [0.3, 0.4) is 0 Å². The zero-order chi connectivity index (χ0) is 29.1. The van der Waals surface area contributed by atoms with E-state index in [9.17, 15) is 17.6 Å². The number of nitrogens with zero attached hydrogens (tertiary/aromatic N) is 2. The van der Waals surface area contributed by atoms with Crippen LogP contribution < -0.4 is 0 Å². The quantitative estimate of drug-likeness (QED) is 0.125. The minimum Gasteiger partial charge on any atom is -0.374 e. The standard InChI is InChI=1S/2C12H10F2N.2C5H5.Ti/c2*1-8-6-15(7-9(8)2)12-4-3-10(13)5-11(12)14;2*1-2-4-5-3-1;/h2*3-4,6-7H,1-2H3;2*1-3H,4H2;/q4*-1;+4. The topological polar surface area (TPSA) is 9.86 Å². The first-order chi connectivity index (χ1) is 19.2. The summed E-state index contributed by atoms with van der Waals surface area (Å²) in [4.78, 5) is 0. The summed E-state index contributed by atoms with van der Waals surface area (Å²) in [7, 11) is 0. The van der Waals surface area contributed by atoms with Crippen LogP contribution in [0.4, 0.5) is 17.6 Å². The number of hydrogen-bond acceptors (Lipinski definition) is 0. The molecule has 208 valence electrons. The number of halogens is 4. The van der Waals surface area contributed by atoms with Crippen molar-refractivity contribution in [3.05, 3.63) is 155 Å². The van der Waals surface area contributed by atoms with Crippen LogP contribution in [0.15, 0.2) is 85.5 Å². The van der Waals surface area contributed by atoms with Crippen molar-refractivity contribution < 1.29 is 39.3 Å². The summed E-state index contributed by atoms with van der Waals surface area (Å²) in [6.07, 6.45) is 27.2. The average molecular weight is 590 g/mol. The molecule has 0 atom stereocenters. The van der Waals surface area contributed by atoms with Crippen molar-refractivity contribution >= 4 is 0 Å². The largest absolute Gasteiger partial charge is 4.00 e. The van der Waals surface area contributed by atoms with Crippen molar-refractivity contribution in [3.8, 4) is 11.4 Å². The maximum absolute atomic E-state index is 13.4. The fraction of sp³-hybridized carbons (Fsp3) is 0.176. The zero-order valence-corrected chi connectivity index (χ0v) is 25.0. The second-order valence-corrected chi connectivity index (χ2v) is 9.08. The van der Waals surface area contributed by atoms with Gasteiger partial charge in [0, 0.05) is 23.3 Å². The van der Waals surface area contributed by atoms with Gasteiger partial charge >= 0.3 is 21.7 Å². The summed E-state index contributed by atoms with van der Waals surface area (Å²) in [5, 5.41) is 0. The molecule has 6 rings (SSSR count). The molecule has 0 saturated carbocycles. The van der Waals surface area contributed by atoms with E-state index in [2.05, 4.69) is 24.3 Å². The molecule has 2 aliphatic rings. The number of hydrogen-bond donors (Lipinski definition) is 0. The molecule has 0 unspecified atom stereocenters. The first-order valence-corrected chi connectivity index (χ1v) is 12.6. The van der Waals surface area contributed by atoms with Gasteiger partial charge in [-0.2, -0.15) is 12.2 Å². The SMILES string of the molecule is Cc1cn(-c2ccc(F)[c-]c2F)cc1C.Cc1cn(-c2ccc(F)[c-]c2F)cc1C.[C-]1=CC=CC1.[C-]1=CC=CC1.[Ti+4]. The Morgan fingerprint density at radius 3 is 1.12 bits per heavy atom. The minimum atomic E-state index is -0.683. The number of benzene rings is 2. The number of rotatable bonds is 2. The fourth-order valence-corrected chi connectivity index (χ4v) is 3.55. The van der Waals surface area contributed by atoms with E-state index >= 15 is 0 Å². The molecule has 2 aromatic carbocycles. The van der Waals surface area contributed by atoms with E-state index in [0.717, 1.165) is 35.1 Å². The smallest absolute Gasteiger partial charge is 0.374 e. The summed E-state index contributed by atoms with van der Waals surface area (Å²) in [5.41, 5.74) is 4.90. The van der Waals surface area contributed by atoms with Crippen LogP contribution in [-0.4, -0.2) is 9.13 Å². The van der Waals surface area contributed by atoms with Crippen molar-refractivity contribution in [2.24, 2.45) is 0 Å². The number of aromatic nitrogens is 2. The molecular formula is C34H30F4N2Ti. The van der Waals surface area contributed by atoms with Crippen molar-refractivity contribution in [3.63, 3.8) is 0 Å². The molecule has 7 heteroatoms. The second-order valence-electron chi connectivity index (χ2n) is 9.08. The van der Waals surface area contributed by atoms with E-state index in [1.54, 1.807) is 33.9 Å². The van der Waals surface area contributed by atoms with Gasteiger partial charge in [0.05, 0.1) is 0 Å². The van der Waals surface area contributed by atoms with Gasteiger partial charge in [-0.05, 0) is 86.1 Å². The van der Waals surface area contributed by atoms with Crippen molar-refractivity contribution in [1.29, 1.82) is 0 Å². The number of aryl methyl sites for hydroxylation is 4. The van der Waals surface area contributed by atoms with E-state index in [0.29, 0.717) is 11.4 Å². The molecule has 2 aliphatic carbocycles. The summed E-state index contributed by atoms with van der Waals surface area (Å²) in [5.74, 6) is -2.72. The molecule has 0 aliphatic heterocycles. The van der Waals surface area contributed by atoms with E-state index in [1.165, 1.54) is 24.3 Å².